The molecule has 6 nitrogen and oxygen atoms in total. The number of hydrazone groups is 1. The summed E-state index contributed by atoms with van der Waals surface area (Å²) in [6.45, 7) is 1.80. The van der Waals surface area contributed by atoms with E-state index in [2.05, 4.69) is 25.8 Å². The Balaban J connectivity index is 1.70. The fourth-order valence-electron chi connectivity index (χ4n) is 4.17. The Morgan fingerprint density at radius 2 is 1.49 bits per heavy atom. The van der Waals surface area contributed by atoms with E-state index in [-0.39, 0.29) is 22.2 Å². The van der Waals surface area contributed by atoms with Gasteiger partial charge in [-0.15, -0.1) is 5.10 Å². The summed E-state index contributed by atoms with van der Waals surface area (Å²) in [5.41, 5.74) is -2.74. The van der Waals surface area contributed by atoms with Gasteiger partial charge in [-0.3, -0.25) is 4.72 Å². The minimum atomic E-state index is -5.08. The number of sulfonamides is 1. The van der Waals surface area contributed by atoms with Crippen LogP contribution >= 0.6 is 15.9 Å². The molecule has 4 aromatic rings. The van der Waals surface area contributed by atoms with E-state index in [9.17, 15) is 8.42 Å². The van der Waals surface area contributed by atoms with E-state index in [4.69, 9.17) is 4.74 Å². The maximum atomic E-state index is 15.4. The van der Waals surface area contributed by atoms with Crippen molar-refractivity contribution in [2.75, 3.05) is 9.73 Å². The monoisotopic (exact) mass is 615 g/mol. The van der Waals surface area contributed by atoms with Crippen molar-refractivity contribution < 1.29 is 26.3 Å². The van der Waals surface area contributed by atoms with Crippen molar-refractivity contribution in [3.63, 3.8) is 0 Å². The van der Waals surface area contributed by atoms with Gasteiger partial charge < -0.3 is 4.74 Å². The molecule has 0 aliphatic carbocycles. The predicted molar refractivity (Wildman–Crippen MR) is 147 cm³/mol. The molecule has 0 radical (unpaired) electrons. The van der Waals surface area contributed by atoms with Gasteiger partial charge in [-0.2, -0.15) is 13.2 Å². The van der Waals surface area contributed by atoms with E-state index in [1.807, 2.05) is 0 Å². The van der Waals surface area contributed by atoms with Crippen molar-refractivity contribution in [3.05, 3.63) is 124 Å². The van der Waals surface area contributed by atoms with Gasteiger partial charge in [0.1, 0.15) is 0 Å². The topological polar surface area (TPSA) is 71.0 Å². The van der Waals surface area contributed by atoms with Crippen LogP contribution in [0.5, 0.6) is 0 Å². The second-order valence-corrected chi connectivity index (χ2v) is 11.4. The normalized spacial score (nSPS) is 17.5. The summed E-state index contributed by atoms with van der Waals surface area (Å²) < 4.78 is 81.3. The lowest BCUT2D eigenvalue weighted by Crippen LogP contribution is -2.54. The number of nitrogens with one attached hydrogen (secondary N) is 1. The third kappa shape index (κ3) is 4.99. The standard InChI is InChI=1S/C28H21BrF3N3O3S/c1-19-11-17-23(18-12-19)39(36,37)34-25-10-6-5-9-24(25)27(28(30,31)32)35(22-15-13-21(29)14-16-22)33-26(38-27)20-7-3-2-4-8-20/h2-18,34H,1H3. The molecule has 0 saturated heterocycles. The average Bonchev–Trinajstić information content (AvgIpc) is 3.32. The SMILES string of the molecule is Cc1ccc(S(=O)(=O)Nc2ccccc2C2(C(F)(F)F)OC(c3ccccc3)=NN2c2ccc(Br)cc2)cc1. The summed E-state index contributed by atoms with van der Waals surface area (Å²) in [5.74, 6) is -0.271. The summed E-state index contributed by atoms with van der Waals surface area (Å²) in [4.78, 5) is -0.0951. The van der Waals surface area contributed by atoms with Crippen LogP contribution in [0, 0.1) is 6.92 Å². The van der Waals surface area contributed by atoms with Crippen molar-refractivity contribution >= 4 is 43.2 Å². The lowest BCUT2D eigenvalue weighted by atomic mass is 9.98. The number of halogens is 4. The average molecular weight is 616 g/mol. The minimum Gasteiger partial charge on any atom is -0.433 e. The Morgan fingerprint density at radius 1 is 0.872 bits per heavy atom. The molecule has 0 saturated carbocycles. The fourth-order valence-corrected chi connectivity index (χ4v) is 5.52. The van der Waals surface area contributed by atoms with Gasteiger partial charge in [0.05, 0.1) is 21.8 Å². The first-order valence-corrected chi connectivity index (χ1v) is 13.9. The zero-order chi connectivity index (χ0) is 27.8. The largest absolute Gasteiger partial charge is 0.455 e. The van der Waals surface area contributed by atoms with Crippen LogP contribution in [0.15, 0.2) is 118 Å². The number of nitrogens with zero attached hydrogens (tertiary/aromatic N) is 2. The van der Waals surface area contributed by atoms with Gasteiger partial charge in [0.25, 0.3) is 10.0 Å². The number of rotatable bonds is 6. The lowest BCUT2D eigenvalue weighted by Gasteiger charge is -2.38. The molecule has 1 N–H and O–H groups in total. The van der Waals surface area contributed by atoms with E-state index < -0.39 is 27.5 Å². The molecule has 200 valence electrons. The summed E-state index contributed by atoms with van der Waals surface area (Å²) in [6, 6.07) is 25.5. The molecule has 1 aliphatic rings. The Bertz CT molecular complexity index is 1630. The van der Waals surface area contributed by atoms with Crippen molar-refractivity contribution in [1.29, 1.82) is 0 Å². The third-order valence-electron chi connectivity index (χ3n) is 6.08. The highest BCUT2D eigenvalue weighted by Crippen LogP contribution is 2.52. The molecule has 1 heterocycles. The van der Waals surface area contributed by atoms with Crippen molar-refractivity contribution in [3.8, 4) is 0 Å². The summed E-state index contributed by atoms with van der Waals surface area (Å²) in [6.07, 6.45) is -5.08. The molecule has 0 fully saturated rings. The van der Waals surface area contributed by atoms with E-state index in [0.29, 0.717) is 10.0 Å². The smallest absolute Gasteiger partial charge is 0.433 e. The highest BCUT2D eigenvalue weighted by Gasteiger charge is 2.67. The van der Waals surface area contributed by atoms with Crippen LogP contribution in [-0.4, -0.2) is 20.5 Å². The van der Waals surface area contributed by atoms with Gasteiger partial charge >= 0.3 is 11.9 Å². The van der Waals surface area contributed by atoms with E-state index in [0.717, 1.165) is 10.6 Å². The third-order valence-corrected chi connectivity index (χ3v) is 7.99. The van der Waals surface area contributed by atoms with Gasteiger partial charge in [-0.05, 0) is 61.5 Å². The fraction of sp³-hybridized carbons (Fsp3) is 0.107. The van der Waals surface area contributed by atoms with Crippen LogP contribution in [0.3, 0.4) is 0 Å². The summed E-state index contributed by atoms with van der Waals surface area (Å²) >= 11 is 3.30. The molecular weight excluding hydrogens is 595 g/mol. The number of benzene rings is 4. The van der Waals surface area contributed by atoms with Gasteiger partial charge in [0, 0.05) is 10.0 Å². The number of para-hydroxylation sites is 1. The molecule has 4 aromatic carbocycles. The van der Waals surface area contributed by atoms with E-state index >= 15 is 13.2 Å². The number of ether oxygens (including phenoxy) is 1. The molecule has 1 atom stereocenters. The Labute approximate surface area is 231 Å². The van der Waals surface area contributed by atoms with Crippen LogP contribution in [0.1, 0.15) is 16.7 Å². The second kappa shape index (κ2) is 10.0. The first-order valence-electron chi connectivity index (χ1n) is 11.7. The van der Waals surface area contributed by atoms with E-state index in [1.165, 1.54) is 48.5 Å². The van der Waals surface area contributed by atoms with E-state index in [1.54, 1.807) is 61.5 Å². The van der Waals surface area contributed by atoms with Gasteiger partial charge in [0.15, 0.2) is 0 Å². The zero-order valence-corrected chi connectivity index (χ0v) is 22.8. The van der Waals surface area contributed by atoms with Crippen LogP contribution < -0.4 is 9.73 Å². The first-order chi connectivity index (χ1) is 18.5. The Kier molecular flexibility index (Phi) is 6.90. The van der Waals surface area contributed by atoms with Crippen LogP contribution in [-0.2, 0) is 20.5 Å². The van der Waals surface area contributed by atoms with Crippen LogP contribution in [0.25, 0.3) is 0 Å². The molecule has 39 heavy (non-hydrogen) atoms. The summed E-state index contributed by atoms with van der Waals surface area (Å²) in [5, 5.41) is 5.01. The highest BCUT2D eigenvalue weighted by atomic mass is 79.9. The number of alkyl halides is 3. The van der Waals surface area contributed by atoms with Gasteiger partial charge in [-0.1, -0.05) is 70.0 Å². The molecule has 5 rings (SSSR count). The molecule has 0 amide bonds. The Morgan fingerprint density at radius 3 is 2.13 bits per heavy atom. The number of hydrogen-bond acceptors (Lipinski definition) is 5. The van der Waals surface area contributed by atoms with Gasteiger partial charge in [-0.25, -0.2) is 13.4 Å². The molecule has 0 spiro atoms. The number of anilines is 2. The molecule has 0 aromatic heterocycles. The van der Waals surface area contributed by atoms with Crippen molar-refractivity contribution in [2.45, 2.75) is 23.7 Å². The lowest BCUT2D eigenvalue weighted by molar-refractivity contribution is -0.253. The quantitative estimate of drug-likeness (QED) is 0.250. The van der Waals surface area contributed by atoms with Crippen LogP contribution in [0.4, 0.5) is 24.5 Å². The maximum Gasteiger partial charge on any atom is 0.455 e. The first kappa shape index (κ1) is 26.8. The van der Waals surface area contributed by atoms with Crippen molar-refractivity contribution in [2.24, 2.45) is 5.10 Å². The van der Waals surface area contributed by atoms with Crippen LogP contribution in [0.2, 0.25) is 0 Å². The molecule has 1 aliphatic heterocycles. The molecular formula is C28H21BrF3N3O3S. The predicted octanol–water partition coefficient (Wildman–Crippen LogP) is 7.17. The zero-order valence-electron chi connectivity index (χ0n) is 20.4. The molecule has 1 unspecified atom stereocenters. The Hall–Kier alpha value is -3.83. The molecule has 0 bridgehead atoms. The second-order valence-electron chi connectivity index (χ2n) is 8.77. The maximum absolute atomic E-state index is 15.4. The number of aryl methyl sites for hydroxylation is 1. The highest BCUT2D eigenvalue weighted by molar-refractivity contribution is 9.10. The van der Waals surface area contributed by atoms with Gasteiger partial charge in [0.2, 0.25) is 5.90 Å². The molecule has 11 heteroatoms. The minimum absolute atomic E-state index is 0.0812. The van der Waals surface area contributed by atoms with Crippen molar-refractivity contribution in [1.82, 2.24) is 0 Å². The summed E-state index contributed by atoms with van der Waals surface area (Å²) in [7, 11) is -4.24. The number of hydrogen-bond donors (Lipinski definition) is 1.